The second-order valence-corrected chi connectivity index (χ2v) is 5.96. The van der Waals surface area contributed by atoms with E-state index in [-0.39, 0.29) is 18.8 Å². The van der Waals surface area contributed by atoms with Crippen LogP contribution in [0, 0.1) is 0 Å². The van der Waals surface area contributed by atoms with Crippen molar-refractivity contribution >= 4 is 11.9 Å². The highest BCUT2D eigenvalue weighted by Crippen LogP contribution is 2.14. The van der Waals surface area contributed by atoms with Crippen LogP contribution in [0.15, 0.2) is 24.3 Å². The molecule has 0 saturated heterocycles. The van der Waals surface area contributed by atoms with Gasteiger partial charge in [-0.25, -0.2) is 0 Å². The Morgan fingerprint density at radius 3 is 2.38 bits per heavy atom. The zero-order valence-electron chi connectivity index (χ0n) is 15.0. The molecule has 0 aliphatic rings. The number of carbonyl (C=O) groups excluding carboxylic acids is 2. The van der Waals surface area contributed by atoms with Gasteiger partial charge in [-0.1, -0.05) is 58.1 Å². The number of carbonyl (C=O) groups is 2. The Labute approximate surface area is 145 Å². The van der Waals surface area contributed by atoms with Crippen LogP contribution in [0.25, 0.3) is 0 Å². The summed E-state index contributed by atoms with van der Waals surface area (Å²) < 4.78 is 10.4. The number of aryl methyl sites for hydroxylation is 1. The molecule has 4 heteroatoms. The summed E-state index contributed by atoms with van der Waals surface area (Å²) in [6.07, 6.45) is 7.91. The van der Waals surface area contributed by atoms with Gasteiger partial charge in [0.05, 0.1) is 19.4 Å². The third-order valence-corrected chi connectivity index (χ3v) is 3.83. The van der Waals surface area contributed by atoms with Crippen LogP contribution in [0.5, 0.6) is 5.75 Å². The molecule has 0 bridgehead atoms. The van der Waals surface area contributed by atoms with E-state index in [0.29, 0.717) is 12.4 Å². The summed E-state index contributed by atoms with van der Waals surface area (Å²) in [5.41, 5.74) is 1.11. The summed E-state index contributed by atoms with van der Waals surface area (Å²) in [4.78, 5) is 23.4. The number of esters is 2. The number of unbranched alkanes of at least 4 members (excludes halogenated alkanes) is 5. The maximum Gasteiger partial charge on any atom is 0.311 e. The minimum Gasteiger partial charge on any atom is -0.466 e. The molecule has 0 aliphatic carbocycles. The van der Waals surface area contributed by atoms with Crippen LogP contribution in [-0.2, 0) is 20.7 Å². The van der Waals surface area contributed by atoms with Crippen molar-refractivity contribution in [3.8, 4) is 5.75 Å². The summed E-state index contributed by atoms with van der Waals surface area (Å²) in [5.74, 6) is -0.206. The Morgan fingerprint density at radius 2 is 1.62 bits per heavy atom. The average molecular weight is 334 g/mol. The van der Waals surface area contributed by atoms with Gasteiger partial charge in [0.15, 0.2) is 0 Å². The summed E-state index contributed by atoms with van der Waals surface area (Å²) in [6, 6.07) is 7.43. The molecule has 1 aromatic rings. The Morgan fingerprint density at radius 1 is 0.917 bits per heavy atom. The molecule has 24 heavy (non-hydrogen) atoms. The average Bonchev–Trinajstić information content (AvgIpc) is 2.59. The fourth-order valence-electron chi connectivity index (χ4n) is 2.36. The van der Waals surface area contributed by atoms with Crippen molar-refractivity contribution in [1.29, 1.82) is 0 Å². The van der Waals surface area contributed by atoms with E-state index < -0.39 is 5.97 Å². The predicted molar refractivity (Wildman–Crippen MR) is 95.0 cm³/mol. The van der Waals surface area contributed by atoms with E-state index in [0.717, 1.165) is 24.8 Å². The maximum atomic E-state index is 11.8. The Kier molecular flexibility index (Phi) is 10.6. The lowest BCUT2D eigenvalue weighted by molar-refractivity contribution is -0.147. The van der Waals surface area contributed by atoms with E-state index in [1.54, 1.807) is 6.07 Å². The zero-order valence-corrected chi connectivity index (χ0v) is 15.0. The molecule has 1 aromatic carbocycles. The highest BCUT2D eigenvalue weighted by atomic mass is 16.5. The lowest BCUT2D eigenvalue weighted by Gasteiger charge is -2.06. The standard InChI is InChI=1S/C20H30O4/c1-3-5-6-7-8-9-15-23-19(21)13-14-20(22)24-18-12-10-11-17(4-2)16-18/h10-12,16H,3-9,13-15H2,1-2H3. The first-order valence-corrected chi connectivity index (χ1v) is 9.11. The fraction of sp³-hybridized carbons (Fsp3) is 0.600. The summed E-state index contributed by atoms with van der Waals surface area (Å²) in [5, 5.41) is 0. The van der Waals surface area contributed by atoms with Crippen LogP contribution < -0.4 is 4.74 Å². The fourth-order valence-corrected chi connectivity index (χ4v) is 2.36. The van der Waals surface area contributed by atoms with Gasteiger partial charge < -0.3 is 9.47 Å². The first-order chi connectivity index (χ1) is 11.7. The molecule has 0 N–H and O–H groups in total. The maximum absolute atomic E-state index is 11.8. The molecule has 134 valence electrons. The molecule has 1 rings (SSSR count). The van der Waals surface area contributed by atoms with Crippen molar-refractivity contribution in [2.75, 3.05) is 6.61 Å². The molecule has 0 heterocycles. The largest absolute Gasteiger partial charge is 0.466 e. The summed E-state index contributed by atoms with van der Waals surface area (Å²) in [6.45, 7) is 4.67. The SMILES string of the molecule is CCCCCCCCOC(=O)CCC(=O)Oc1cccc(CC)c1. The van der Waals surface area contributed by atoms with Crippen molar-refractivity contribution in [3.63, 3.8) is 0 Å². The lowest BCUT2D eigenvalue weighted by Crippen LogP contribution is -2.13. The zero-order chi connectivity index (χ0) is 17.6. The van der Waals surface area contributed by atoms with Crippen LogP contribution in [0.1, 0.15) is 70.8 Å². The van der Waals surface area contributed by atoms with E-state index in [1.807, 2.05) is 25.1 Å². The molecule has 0 saturated carbocycles. The molecule has 0 amide bonds. The van der Waals surface area contributed by atoms with Crippen molar-refractivity contribution in [1.82, 2.24) is 0 Å². The molecule has 0 spiro atoms. The Bertz CT molecular complexity index is 496. The van der Waals surface area contributed by atoms with Crippen LogP contribution in [0.4, 0.5) is 0 Å². The molecule has 4 nitrogen and oxygen atoms in total. The van der Waals surface area contributed by atoms with Crippen LogP contribution >= 0.6 is 0 Å². The highest BCUT2D eigenvalue weighted by Gasteiger charge is 2.10. The number of hydrogen-bond acceptors (Lipinski definition) is 4. The Hall–Kier alpha value is -1.84. The third-order valence-electron chi connectivity index (χ3n) is 3.83. The number of ether oxygens (including phenoxy) is 2. The first-order valence-electron chi connectivity index (χ1n) is 9.11. The topological polar surface area (TPSA) is 52.6 Å². The van der Waals surface area contributed by atoms with Gasteiger partial charge in [-0.3, -0.25) is 9.59 Å². The predicted octanol–water partition coefficient (Wildman–Crippen LogP) is 4.84. The van der Waals surface area contributed by atoms with Gasteiger partial charge in [-0.05, 0) is 30.5 Å². The summed E-state index contributed by atoms with van der Waals surface area (Å²) in [7, 11) is 0. The van der Waals surface area contributed by atoms with Gasteiger partial charge in [0.25, 0.3) is 0 Å². The van der Waals surface area contributed by atoms with E-state index in [4.69, 9.17) is 9.47 Å². The molecule has 0 atom stereocenters. The van der Waals surface area contributed by atoms with Crippen molar-refractivity contribution < 1.29 is 19.1 Å². The van der Waals surface area contributed by atoms with Gasteiger partial charge in [0.1, 0.15) is 5.75 Å². The van der Waals surface area contributed by atoms with Crippen molar-refractivity contribution in [2.45, 2.75) is 71.6 Å². The second kappa shape index (κ2) is 12.6. The van der Waals surface area contributed by atoms with Gasteiger partial charge in [0, 0.05) is 0 Å². The van der Waals surface area contributed by atoms with E-state index in [9.17, 15) is 9.59 Å². The normalized spacial score (nSPS) is 10.4. The van der Waals surface area contributed by atoms with Crippen molar-refractivity contribution in [3.05, 3.63) is 29.8 Å². The van der Waals surface area contributed by atoms with Gasteiger partial charge in [0.2, 0.25) is 0 Å². The quantitative estimate of drug-likeness (QED) is 0.312. The smallest absolute Gasteiger partial charge is 0.311 e. The van der Waals surface area contributed by atoms with Crippen LogP contribution in [-0.4, -0.2) is 18.5 Å². The van der Waals surface area contributed by atoms with Gasteiger partial charge in [-0.2, -0.15) is 0 Å². The molecule has 0 radical (unpaired) electrons. The molecule has 0 unspecified atom stereocenters. The minimum atomic E-state index is -0.403. The highest BCUT2D eigenvalue weighted by molar-refractivity contribution is 5.79. The van der Waals surface area contributed by atoms with Crippen LogP contribution in [0.2, 0.25) is 0 Å². The molecular formula is C20H30O4. The summed E-state index contributed by atoms with van der Waals surface area (Å²) >= 11 is 0. The molecular weight excluding hydrogens is 304 g/mol. The molecule has 0 fully saturated rings. The van der Waals surface area contributed by atoms with E-state index in [2.05, 4.69) is 6.92 Å². The van der Waals surface area contributed by atoms with E-state index in [1.165, 1.54) is 25.7 Å². The van der Waals surface area contributed by atoms with Crippen molar-refractivity contribution in [2.24, 2.45) is 0 Å². The monoisotopic (exact) mass is 334 g/mol. The first kappa shape index (κ1) is 20.2. The lowest BCUT2D eigenvalue weighted by atomic mass is 10.1. The minimum absolute atomic E-state index is 0.0473. The van der Waals surface area contributed by atoms with Crippen LogP contribution in [0.3, 0.4) is 0 Å². The van der Waals surface area contributed by atoms with Gasteiger partial charge in [-0.15, -0.1) is 0 Å². The molecule has 0 aliphatic heterocycles. The van der Waals surface area contributed by atoms with E-state index >= 15 is 0 Å². The number of benzene rings is 1. The third kappa shape index (κ3) is 9.33. The Balaban J connectivity index is 2.11. The number of hydrogen-bond donors (Lipinski definition) is 0. The van der Waals surface area contributed by atoms with Gasteiger partial charge >= 0.3 is 11.9 Å². The number of rotatable bonds is 12. The molecule has 0 aromatic heterocycles. The second-order valence-electron chi connectivity index (χ2n) is 5.96.